The number of rotatable bonds is 7. The molecule has 198 valence electrons. The largest absolute Gasteiger partial charge is 0.317 e. The Bertz CT molecular complexity index is 1600. The van der Waals surface area contributed by atoms with Gasteiger partial charge in [-0.1, -0.05) is 59.6 Å². The highest BCUT2D eigenvalue weighted by atomic mass is 35.5. The molecule has 0 radical (unpaired) electrons. The van der Waals surface area contributed by atoms with E-state index in [9.17, 15) is 4.79 Å². The van der Waals surface area contributed by atoms with Gasteiger partial charge >= 0.3 is 0 Å². The van der Waals surface area contributed by atoms with Gasteiger partial charge in [-0.3, -0.25) is 14.2 Å². The summed E-state index contributed by atoms with van der Waals surface area (Å²) in [7, 11) is 0. The summed E-state index contributed by atoms with van der Waals surface area (Å²) in [5, 5.41) is 16.8. The maximum atomic E-state index is 12.9. The van der Waals surface area contributed by atoms with Gasteiger partial charge in [0, 0.05) is 39.1 Å². The molecule has 0 spiro atoms. The highest BCUT2D eigenvalue weighted by Gasteiger charge is 2.20. The van der Waals surface area contributed by atoms with Crippen LogP contribution in [0.5, 0.6) is 0 Å². The predicted octanol–water partition coefficient (Wildman–Crippen LogP) is 5.76. The van der Waals surface area contributed by atoms with E-state index in [0.717, 1.165) is 53.7 Å². The number of nitrogens with one attached hydrogen (secondary N) is 2. The van der Waals surface area contributed by atoms with E-state index < -0.39 is 0 Å². The molecule has 0 atom stereocenters. The highest BCUT2D eigenvalue weighted by molar-refractivity contribution is 6.36. The molecule has 1 aliphatic heterocycles. The van der Waals surface area contributed by atoms with E-state index in [-0.39, 0.29) is 12.3 Å². The van der Waals surface area contributed by atoms with Crippen molar-refractivity contribution in [3.8, 4) is 11.1 Å². The van der Waals surface area contributed by atoms with Crippen LogP contribution in [0.15, 0.2) is 73.2 Å². The minimum atomic E-state index is -0.169. The first-order chi connectivity index (χ1) is 19.0. The summed E-state index contributed by atoms with van der Waals surface area (Å²) >= 11 is 13.0. The van der Waals surface area contributed by atoms with Crippen molar-refractivity contribution in [3.63, 3.8) is 0 Å². The number of hydrogen-bond acceptors (Lipinski definition) is 5. The van der Waals surface area contributed by atoms with Gasteiger partial charge in [0.15, 0.2) is 5.82 Å². The zero-order chi connectivity index (χ0) is 26.8. The molecule has 1 fully saturated rings. The molecule has 3 aromatic heterocycles. The monoisotopic (exact) mass is 559 g/mol. The average Bonchev–Trinajstić information content (AvgIpc) is 3.57. The zero-order valence-corrected chi connectivity index (χ0v) is 22.7. The number of carbonyl (C=O) groups is 1. The lowest BCUT2D eigenvalue weighted by atomic mass is 10.1. The summed E-state index contributed by atoms with van der Waals surface area (Å²) in [6.45, 7) is 2.31. The van der Waals surface area contributed by atoms with E-state index in [4.69, 9.17) is 33.3 Å². The number of nitrogens with zero attached hydrogens (tertiary/aromatic N) is 5. The second kappa shape index (κ2) is 11.2. The van der Waals surface area contributed by atoms with Gasteiger partial charge < -0.3 is 10.6 Å². The summed E-state index contributed by atoms with van der Waals surface area (Å²) < 4.78 is 3.84. The van der Waals surface area contributed by atoms with Gasteiger partial charge in [0.05, 0.1) is 30.7 Å². The number of pyridine rings is 1. The zero-order valence-electron chi connectivity index (χ0n) is 21.1. The molecule has 4 heterocycles. The van der Waals surface area contributed by atoms with Crippen LogP contribution >= 0.6 is 23.2 Å². The first-order valence-corrected chi connectivity index (χ1v) is 13.7. The van der Waals surface area contributed by atoms with E-state index in [1.165, 1.54) is 0 Å². The second-order valence-electron chi connectivity index (χ2n) is 9.70. The van der Waals surface area contributed by atoms with Crippen molar-refractivity contribution in [2.45, 2.75) is 31.8 Å². The van der Waals surface area contributed by atoms with E-state index in [1.807, 2.05) is 48.7 Å². The number of fused-ring (bicyclic) bond motifs is 1. The van der Waals surface area contributed by atoms with Crippen LogP contribution in [-0.4, -0.2) is 43.5 Å². The van der Waals surface area contributed by atoms with Gasteiger partial charge in [0.1, 0.15) is 5.52 Å². The molecule has 1 saturated heterocycles. The smallest absolute Gasteiger partial charge is 0.230 e. The Labute approximate surface area is 235 Å². The van der Waals surface area contributed by atoms with Gasteiger partial charge in [-0.05, 0) is 49.7 Å². The highest BCUT2D eigenvalue weighted by Crippen LogP contribution is 2.31. The number of anilines is 1. The van der Waals surface area contributed by atoms with Crippen molar-refractivity contribution in [1.29, 1.82) is 0 Å². The number of amides is 1. The lowest BCUT2D eigenvalue weighted by Gasteiger charge is -2.22. The summed E-state index contributed by atoms with van der Waals surface area (Å²) in [5.41, 5.74) is 4.90. The Morgan fingerprint density at radius 1 is 1.00 bits per heavy atom. The molecule has 2 N–H and O–H groups in total. The molecule has 1 amide bonds. The standard InChI is InChI=1S/C29H27Cl2N7O/c30-24-7-4-8-25(31)23(24)18-38-26-14-20(21-16-34-37(17-21)22-9-11-32-12-10-22)15-33-28(26)29(36-38)35-27(39)13-19-5-2-1-3-6-19/h1-8,14-17,22,32H,9-13,18H2,(H,35,36,39). The molecule has 0 aliphatic carbocycles. The van der Waals surface area contributed by atoms with Crippen LogP contribution in [0.2, 0.25) is 10.0 Å². The molecular formula is C29H27Cl2N7O. The van der Waals surface area contributed by atoms with Crippen LogP contribution in [-0.2, 0) is 17.8 Å². The third-order valence-corrected chi connectivity index (χ3v) is 7.75. The van der Waals surface area contributed by atoms with Crippen molar-refractivity contribution in [2.75, 3.05) is 18.4 Å². The molecule has 0 saturated carbocycles. The van der Waals surface area contributed by atoms with Crippen LogP contribution in [0, 0.1) is 0 Å². The van der Waals surface area contributed by atoms with Crippen LogP contribution < -0.4 is 10.6 Å². The van der Waals surface area contributed by atoms with Crippen molar-refractivity contribution < 1.29 is 4.79 Å². The van der Waals surface area contributed by atoms with Crippen LogP contribution in [0.25, 0.3) is 22.2 Å². The minimum absolute atomic E-state index is 0.169. The number of hydrogen-bond donors (Lipinski definition) is 2. The molecular weight excluding hydrogens is 533 g/mol. The van der Waals surface area contributed by atoms with E-state index in [2.05, 4.69) is 26.6 Å². The van der Waals surface area contributed by atoms with E-state index >= 15 is 0 Å². The maximum Gasteiger partial charge on any atom is 0.230 e. The molecule has 5 aromatic rings. The predicted molar refractivity (Wildman–Crippen MR) is 154 cm³/mol. The van der Waals surface area contributed by atoms with Crippen molar-refractivity contribution in [1.82, 2.24) is 29.9 Å². The van der Waals surface area contributed by atoms with Crippen molar-refractivity contribution >= 4 is 46.0 Å². The number of carbonyl (C=O) groups excluding carboxylic acids is 1. The summed E-state index contributed by atoms with van der Waals surface area (Å²) in [6.07, 6.45) is 8.09. The number of piperidine rings is 1. The van der Waals surface area contributed by atoms with Gasteiger partial charge in [-0.25, -0.2) is 4.98 Å². The molecule has 0 bridgehead atoms. The minimum Gasteiger partial charge on any atom is -0.317 e. The topological polar surface area (TPSA) is 89.7 Å². The van der Waals surface area contributed by atoms with Crippen LogP contribution in [0.3, 0.4) is 0 Å². The molecule has 6 rings (SSSR count). The Hall–Kier alpha value is -3.72. The Kier molecular flexibility index (Phi) is 7.32. The lowest BCUT2D eigenvalue weighted by molar-refractivity contribution is -0.115. The van der Waals surface area contributed by atoms with Crippen molar-refractivity contribution in [3.05, 3.63) is 94.4 Å². The quantitative estimate of drug-likeness (QED) is 0.265. The van der Waals surface area contributed by atoms with Gasteiger partial charge in [0.2, 0.25) is 5.91 Å². The first kappa shape index (κ1) is 25.6. The molecule has 1 aliphatic rings. The van der Waals surface area contributed by atoms with E-state index in [0.29, 0.717) is 34.0 Å². The molecule has 10 heteroatoms. The fourth-order valence-electron chi connectivity index (χ4n) is 4.97. The molecule has 8 nitrogen and oxygen atoms in total. The van der Waals surface area contributed by atoms with Crippen molar-refractivity contribution in [2.24, 2.45) is 0 Å². The summed E-state index contributed by atoms with van der Waals surface area (Å²) in [5.74, 6) is 0.226. The maximum absolute atomic E-state index is 12.9. The van der Waals surface area contributed by atoms with Crippen LogP contribution in [0.4, 0.5) is 5.82 Å². The van der Waals surface area contributed by atoms with Crippen LogP contribution in [0.1, 0.15) is 30.0 Å². The summed E-state index contributed by atoms with van der Waals surface area (Å²) in [4.78, 5) is 17.6. The second-order valence-corrected chi connectivity index (χ2v) is 10.5. The molecule has 39 heavy (non-hydrogen) atoms. The average molecular weight is 560 g/mol. The lowest BCUT2D eigenvalue weighted by Crippen LogP contribution is -2.29. The van der Waals surface area contributed by atoms with Gasteiger partial charge in [-0.15, -0.1) is 0 Å². The fourth-order valence-corrected chi connectivity index (χ4v) is 5.48. The molecule has 0 unspecified atom stereocenters. The fraction of sp³-hybridized carbons (Fsp3) is 0.241. The van der Waals surface area contributed by atoms with E-state index in [1.54, 1.807) is 23.0 Å². The van der Waals surface area contributed by atoms with Gasteiger partial charge in [-0.2, -0.15) is 10.2 Å². The Balaban J connectivity index is 1.36. The normalized spacial score (nSPS) is 14.1. The Morgan fingerprint density at radius 3 is 2.54 bits per heavy atom. The number of aromatic nitrogens is 5. The summed E-state index contributed by atoms with van der Waals surface area (Å²) in [6, 6.07) is 17.4. The first-order valence-electron chi connectivity index (χ1n) is 12.9. The number of halogens is 2. The Morgan fingerprint density at radius 2 is 1.77 bits per heavy atom. The SMILES string of the molecule is O=C(Cc1ccccc1)Nc1nn(Cc2c(Cl)cccc2Cl)c2cc(-c3cnn(C4CCNCC4)c3)cnc12. The van der Waals surface area contributed by atoms with Gasteiger partial charge in [0.25, 0.3) is 0 Å². The number of benzene rings is 2. The molecule has 2 aromatic carbocycles. The third kappa shape index (κ3) is 5.54. The third-order valence-electron chi connectivity index (χ3n) is 7.04.